The molecule has 0 aliphatic heterocycles. The van der Waals surface area contributed by atoms with Gasteiger partial charge in [0.15, 0.2) is 0 Å². The van der Waals surface area contributed by atoms with Crippen molar-refractivity contribution in [2.75, 3.05) is 7.05 Å². The Morgan fingerprint density at radius 2 is 1.89 bits per heavy atom. The van der Waals surface area contributed by atoms with E-state index in [1.165, 1.54) is 0 Å². The molecule has 0 atom stereocenters. The first-order chi connectivity index (χ1) is 3.68. The zero-order valence-electron chi connectivity index (χ0n) is 5.90. The van der Waals surface area contributed by atoms with Crippen LogP contribution in [0.1, 0.15) is 6.92 Å². The number of allylic oxidation sites excluding steroid dienone is 1. The monoisotopic (exact) mass is 202 g/mol. The molecule has 0 bridgehead atoms. The number of hydrogen-bond acceptors (Lipinski definition) is 2. The van der Waals surface area contributed by atoms with Crippen LogP contribution in [0.15, 0.2) is 12.2 Å². The van der Waals surface area contributed by atoms with Gasteiger partial charge in [-0.2, -0.15) is 5.57 Å². The molecule has 1 N–H and O–H groups in total. The molecular formula is C6H11NOY-2. The maximum Gasteiger partial charge on any atom is 0 e. The van der Waals surface area contributed by atoms with E-state index in [-0.39, 0.29) is 32.7 Å². The Hall–Kier alpha value is 0.474. The summed E-state index contributed by atoms with van der Waals surface area (Å²) in [5.74, 6) is 0. The maximum absolute atomic E-state index is 9.28. The summed E-state index contributed by atoms with van der Waals surface area (Å²) in [5, 5.41) is 2.50. The average molecular weight is 202 g/mol. The van der Waals surface area contributed by atoms with Crippen LogP contribution < -0.4 is 5.32 Å². The normalized spacial score (nSPS) is 5.67. The number of nitrogens with one attached hydrogen (secondary N) is 1. The number of hydrogen-bond donors (Lipinski definition) is 1. The zero-order chi connectivity index (χ0) is 6.99. The van der Waals surface area contributed by atoms with Crippen LogP contribution in [0.2, 0.25) is 0 Å². The summed E-state index contributed by atoms with van der Waals surface area (Å²) in [7, 11) is 5.00. The molecule has 0 saturated carbocycles. The van der Waals surface area contributed by atoms with Crippen LogP contribution in [-0.2, 0) is 37.5 Å². The molecule has 0 aliphatic rings. The molecule has 0 aromatic heterocycles. The topological polar surface area (TPSA) is 29.1 Å². The van der Waals surface area contributed by atoms with Crippen molar-refractivity contribution >= 4 is 6.29 Å². The van der Waals surface area contributed by atoms with Crippen molar-refractivity contribution in [3.8, 4) is 0 Å². The van der Waals surface area contributed by atoms with Crippen molar-refractivity contribution in [2.24, 2.45) is 0 Å². The van der Waals surface area contributed by atoms with Gasteiger partial charge in [-0.25, -0.2) is 6.58 Å². The number of carbonyl (C=O) groups excluding carboxylic acids is 1. The van der Waals surface area contributed by atoms with Crippen LogP contribution in [0.3, 0.4) is 0 Å². The first-order valence-electron chi connectivity index (χ1n) is 2.16. The van der Waals surface area contributed by atoms with Crippen molar-refractivity contribution in [3.63, 3.8) is 0 Å². The van der Waals surface area contributed by atoms with E-state index in [0.717, 1.165) is 0 Å². The predicted octanol–water partition coefficient (Wildman–Crippen LogP) is 0.667. The van der Waals surface area contributed by atoms with Crippen LogP contribution in [0.5, 0.6) is 0 Å². The smallest absolute Gasteiger partial charge is 0 e. The Labute approximate surface area is 82.0 Å². The van der Waals surface area contributed by atoms with Gasteiger partial charge in [-0.05, 0) is 13.3 Å². The minimum absolute atomic E-state index is 0. The van der Waals surface area contributed by atoms with E-state index in [2.05, 4.69) is 18.9 Å². The van der Waals surface area contributed by atoms with Crippen molar-refractivity contribution < 1.29 is 37.5 Å². The van der Waals surface area contributed by atoms with Gasteiger partial charge in [0, 0.05) is 32.7 Å². The SMILES string of the molecule is C=C(C)[C-]=O.[CH2-]NC.[Y]. The molecule has 0 amide bonds. The fourth-order valence-corrected chi connectivity index (χ4v) is 0. The van der Waals surface area contributed by atoms with E-state index >= 15 is 0 Å². The molecule has 0 aromatic rings. The summed E-state index contributed by atoms with van der Waals surface area (Å²) in [6.07, 6.45) is 1.58. The van der Waals surface area contributed by atoms with E-state index in [4.69, 9.17) is 0 Å². The molecule has 1 radical (unpaired) electrons. The first-order valence-corrected chi connectivity index (χ1v) is 2.16. The Morgan fingerprint density at radius 3 is 1.89 bits per heavy atom. The van der Waals surface area contributed by atoms with Crippen LogP contribution >= 0.6 is 0 Å². The Kier molecular flexibility index (Phi) is 28.5. The molecule has 0 rings (SSSR count). The molecule has 0 saturated heterocycles. The largest absolute Gasteiger partial charge is 0.475 e. The number of rotatable bonds is 1. The first kappa shape index (κ1) is 16.2. The van der Waals surface area contributed by atoms with E-state index in [1.54, 1.807) is 20.3 Å². The Bertz CT molecular complexity index is 73.5. The third kappa shape index (κ3) is 58.0. The molecule has 0 unspecified atom stereocenters. The third-order valence-corrected chi connectivity index (χ3v) is 0.174. The fourth-order valence-electron chi connectivity index (χ4n) is 0. The summed E-state index contributed by atoms with van der Waals surface area (Å²) in [4.78, 5) is 9.28. The summed E-state index contributed by atoms with van der Waals surface area (Å²) in [6, 6.07) is 0. The van der Waals surface area contributed by atoms with E-state index in [9.17, 15) is 4.79 Å². The van der Waals surface area contributed by atoms with Crippen LogP contribution in [0.4, 0.5) is 0 Å². The van der Waals surface area contributed by atoms with Gasteiger partial charge in [-0.15, -0.1) is 0 Å². The van der Waals surface area contributed by atoms with E-state index in [1.807, 2.05) is 0 Å². The van der Waals surface area contributed by atoms with Crippen LogP contribution in [0, 0.1) is 7.05 Å². The minimum Gasteiger partial charge on any atom is -0.475 e. The molecule has 0 spiro atoms. The Balaban J connectivity index is -0.0000000800. The summed E-state index contributed by atoms with van der Waals surface area (Å²) >= 11 is 0. The Morgan fingerprint density at radius 1 is 1.78 bits per heavy atom. The van der Waals surface area contributed by atoms with Gasteiger partial charge in [-0.3, -0.25) is 7.05 Å². The molecule has 0 fully saturated rings. The fraction of sp³-hybridized carbons (Fsp3) is 0.333. The molecule has 0 heterocycles. The second kappa shape index (κ2) is 15.8. The second-order valence-corrected chi connectivity index (χ2v) is 1.24. The van der Waals surface area contributed by atoms with Crippen molar-refractivity contribution in [2.45, 2.75) is 6.92 Å². The van der Waals surface area contributed by atoms with Crippen LogP contribution in [-0.4, -0.2) is 13.3 Å². The quantitative estimate of drug-likeness (QED) is 0.500. The van der Waals surface area contributed by atoms with Crippen molar-refractivity contribution in [1.82, 2.24) is 5.32 Å². The van der Waals surface area contributed by atoms with E-state index in [0.29, 0.717) is 5.57 Å². The second-order valence-electron chi connectivity index (χ2n) is 1.24. The van der Waals surface area contributed by atoms with Gasteiger partial charge in [0.1, 0.15) is 0 Å². The van der Waals surface area contributed by atoms with Crippen molar-refractivity contribution in [3.05, 3.63) is 19.2 Å². The third-order valence-electron chi connectivity index (χ3n) is 0.174. The zero-order valence-corrected chi connectivity index (χ0v) is 8.74. The van der Waals surface area contributed by atoms with Gasteiger partial charge < -0.3 is 10.1 Å². The molecule has 9 heavy (non-hydrogen) atoms. The molecule has 2 nitrogen and oxygen atoms in total. The van der Waals surface area contributed by atoms with Gasteiger partial charge >= 0.3 is 0 Å². The summed E-state index contributed by atoms with van der Waals surface area (Å²) < 4.78 is 0. The average Bonchev–Trinajstić information content (AvgIpc) is 1.69. The molecule has 0 aromatic carbocycles. The molecular weight excluding hydrogens is 191 g/mol. The molecule has 51 valence electrons. The van der Waals surface area contributed by atoms with Gasteiger partial charge in [0.05, 0.1) is 0 Å². The maximum atomic E-state index is 9.28. The molecule has 0 aliphatic carbocycles. The summed E-state index contributed by atoms with van der Waals surface area (Å²) in [6.45, 7) is 4.85. The summed E-state index contributed by atoms with van der Waals surface area (Å²) in [5.41, 5.74) is 0.449. The molecule has 3 heteroatoms. The van der Waals surface area contributed by atoms with E-state index < -0.39 is 0 Å². The van der Waals surface area contributed by atoms with Gasteiger partial charge in [-0.1, -0.05) is 6.92 Å². The van der Waals surface area contributed by atoms with Crippen molar-refractivity contribution in [1.29, 1.82) is 0 Å². The van der Waals surface area contributed by atoms with Gasteiger partial charge in [0.25, 0.3) is 0 Å². The standard InChI is InChI=1S/C4H5O.C2H6N.Y/c1-4(2)3-5;1-3-2;/h1H2,2H3;3H,1H2,2H3;/q2*-1;. The predicted molar refractivity (Wildman–Crippen MR) is 34.9 cm³/mol. The minimum atomic E-state index is 0. The van der Waals surface area contributed by atoms with Gasteiger partial charge in [0.2, 0.25) is 0 Å². The van der Waals surface area contributed by atoms with Crippen LogP contribution in [0.25, 0.3) is 0 Å².